The van der Waals surface area contributed by atoms with Gasteiger partial charge in [0.1, 0.15) is 13.2 Å². The lowest BCUT2D eigenvalue weighted by Crippen LogP contribution is -2.39. The Morgan fingerprint density at radius 2 is 1.78 bits per heavy atom. The Morgan fingerprint density at radius 1 is 1.28 bits per heavy atom. The van der Waals surface area contributed by atoms with Gasteiger partial charge in [0.2, 0.25) is 0 Å². The monoisotopic (exact) mass is 260 g/mol. The Bertz CT molecular complexity index is 294. The van der Waals surface area contributed by atoms with Crippen LogP contribution in [0.25, 0.3) is 0 Å². The van der Waals surface area contributed by atoms with E-state index in [1.54, 1.807) is 14.1 Å². The van der Waals surface area contributed by atoms with Crippen LogP contribution in [0.2, 0.25) is 0 Å². The number of primary amides is 1. The molecule has 0 rings (SSSR count). The second kappa shape index (κ2) is 7.08. The Morgan fingerprint density at radius 3 is 2.17 bits per heavy atom. The molecule has 0 bridgehead atoms. The molecule has 0 aromatic rings. The second-order valence-electron chi connectivity index (χ2n) is 5.02. The fourth-order valence-electron chi connectivity index (χ4n) is 1.41. The molecular weight excluding hydrogens is 236 g/mol. The lowest BCUT2D eigenvalue weighted by atomic mass is 9.78. The molecule has 2 N–H and O–H groups in total. The minimum Gasteiger partial charge on any atom is -0.449 e. The third-order valence-electron chi connectivity index (χ3n) is 3.24. The lowest BCUT2D eigenvalue weighted by Gasteiger charge is -2.34. The van der Waals surface area contributed by atoms with Crippen LogP contribution in [0.4, 0.5) is 9.59 Å². The van der Waals surface area contributed by atoms with Crippen molar-refractivity contribution < 1.29 is 19.1 Å². The van der Waals surface area contributed by atoms with E-state index in [4.69, 9.17) is 15.2 Å². The molecule has 0 aromatic heterocycles. The van der Waals surface area contributed by atoms with E-state index in [2.05, 4.69) is 0 Å². The van der Waals surface area contributed by atoms with Crippen molar-refractivity contribution in [3.05, 3.63) is 0 Å². The maximum Gasteiger partial charge on any atom is 0.409 e. The van der Waals surface area contributed by atoms with Gasteiger partial charge in [-0.05, 0) is 5.92 Å². The highest BCUT2D eigenvalue weighted by molar-refractivity contribution is 5.66. The zero-order chi connectivity index (χ0) is 14.3. The van der Waals surface area contributed by atoms with E-state index in [1.165, 1.54) is 4.90 Å². The molecular formula is C12H24N2O4. The molecule has 0 aliphatic heterocycles. The van der Waals surface area contributed by atoms with Crippen LogP contribution < -0.4 is 5.73 Å². The van der Waals surface area contributed by atoms with Crippen molar-refractivity contribution in [2.75, 3.05) is 27.3 Å². The summed E-state index contributed by atoms with van der Waals surface area (Å²) in [6.07, 6.45) is -0.343. The molecule has 0 saturated carbocycles. The third kappa shape index (κ3) is 5.25. The van der Waals surface area contributed by atoms with Gasteiger partial charge in [0.05, 0.1) is 0 Å². The topological polar surface area (TPSA) is 81.9 Å². The molecule has 0 heterocycles. The molecule has 2 unspecified atom stereocenters. The van der Waals surface area contributed by atoms with Crippen molar-refractivity contribution in [3.63, 3.8) is 0 Å². The Hall–Kier alpha value is -1.46. The standard InChI is InChI=1S/C12H24N2O4/c1-6-9(2)12(3,7-17-10(13)15)8-18-11(16)14(4)5/h9H,6-8H2,1-5H3,(H2,13,15). The van der Waals surface area contributed by atoms with Crippen molar-refractivity contribution in [1.29, 1.82) is 0 Å². The molecule has 18 heavy (non-hydrogen) atoms. The molecule has 0 saturated heterocycles. The Labute approximate surface area is 108 Å². The first kappa shape index (κ1) is 16.5. The van der Waals surface area contributed by atoms with Crippen LogP contribution in [0.5, 0.6) is 0 Å². The van der Waals surface area contributed by atoms with Gasteiger partial charge in [0.15, 0.2) is 0 Å². The third-order valence-corrected chi connectivity index (χ3v) is 3.24. The summed E-state index contributed by atoms with van der Waals surface area (Å²) in [5, 5.41) is 0. The molecule has 6 heteroatoms. The summed E-state index contributed by atoms with van der Waals surface area (Å²) in [5.41, 5.74) is 4.53. The van der Waals surface area contributed by atoms with Crippen LogP contribution in [0.3, 0.4) is 0 Å². The molecule has 0 aromatic carbocycles. The van der Waals surface area contributed by atoms with Crippen LogP contribution in [0.1, 0.15) is 27.2 Å². The van der Waals surface area contributed by atoms with Gasteiger partial charge < -0.3 is 20.1 Å². The summed E-state index contributed by atoms with van der Waals surface area (Å²) >= 11 is 0. The quantitative estimate of drug-likeness (QED) is 0.790. The number of carbonyl (C=O) groups excluding carboxylic acids is 2. The van der Waals surface area contributed by atoms with Crippen LogP contribution in [0.15, 0.2) is 0 Å². The molecule has 0 aliphatic rings. The van der Waals surface area contributed by atoms with Crippen LogP contribution >= 0.6 is 0 Å². The smallest absolute Gasteiger partial charge is 0.409 e. The highest BCUT2D eigenvalue weighted by Gasteiger charge is 2.33. The van der Waals surface area contributed by atoms with Gasteiger partial charge in [-0.3, -0.25) is 0 Å². The number of ether oxygens (including phenoxy) is 2. The van der Waals surface area contributed by atoms with Crippen molar-refractivity contribution in [1.82, 2.24) is 4.90 Å². The predicted molar refractivity (Wildman–Crippen MR) is 68.1 cm³/mol. The Balaban J connectivity index is 4.56. The van der Waals surface area contributed by atoms with Crippen LogP contribution in [0, 0.1) is 11.3 Å². The number of nitrogens with zero attached hydrogens (tertiary/aromatic N) is 1. The van der Waals surface area contributed by atoms with Gasteiger partial charge in [-0.2, -0.15) is 0 Å². The molecule has 2 atom stereocenters. The van der Waals surface area contributed by atoms with Gasteiger partial charge in [-0.15, -0.1) is 0 Å². The van der Waals surface area contributed by atoms with E-state index < -0.39 is 17.6 Å². The van der Waals surface area contributed by atoms with E-state index >= 15 is 0 Å². The van der Waals surface area contributed by atoms with Crippen molar-refractivity contribution in [3.8, 4) is 0 Å². The highest BCUT2D eigenvalue weighted by Crippen LogP contribution is 2.30. The summed E-state index contributed by atoms with van der Waals surface area (Å²) in [4.78, 5) is 23.5. The summed E-state index contributed by atoms with van der Waals surface area (Å²) in [6.45, 7) is 6.28. The number of nitrogens with two attached hydrogens (primary N) is 1. The number of carbonyl (C=O) groups is 2. The van der Waals surface area contributed by atoms with E-state index in [0.717, 1.165) is 6.42 Å². The normalized spacial score (nSPS) is 15.4. The van der Waals surface area contributed by atoms with E-state index in [1.807, 2.05) is 20.8 Å². The van der Waals surface area contributed by atoms with E-state index in [-0.39, 0.29) is 19.1 Å². The first-order valence-corrected chi connectivity index (χ1v) is 5.99. The van der Waals surface area contributed by atoms with Gasteiger partial charge >= 0.3 is 12.2 Å². The SMILES string of the molecule is CCC(C)C(C)(COC(N)=O)COC(=O)N(C)C. The average Bonchev–Trinajstić information content (AvgIpc) is 2.32. The first-order valence-electron chi connectivity index (χ1n) is 5.99. The van der Waals surface area contributed by atoms with Gasteiger partial charge in [-0.1, -0.05) is 27.2 Å². The van der Waals surface area contributed by atoms with Crippen molar-refractivity contribution >= 4 is 12.2 Å². The first-order chi connectivity index (χ1) is 8.23. The number of amides is 2. The number of hydrogen-bond donors (Lipinski definition) is 1. The molecule has 0 fully saturated rings. The Kier molecular flexibility index (Phi) is 6.51. The van der Waals surface area contributed by atoms with Crippen molar-refractivity contribution in [2.24, 2.45) is 17.1 Å². The minimum atomic E-state index is -0.816. The molecule has 0 spiro atoms. The maximum absolute atomic E-state index is 11.4. The van der Waals surface area contributed by atoms with Crippen LogP contribution in [-0.2, 0) is 9.47 Å². The lowest BCUT2D eigenvalue weighted by molar-refractivity contribution is -0.000530. The zero-order valence-electron chi connectivity index (χ0n) is 11.9. The van der Waals surface area contributed by atoms with Gasteiger partial charge in [0, 0.05) is 19.5 Å². The molecule has 2 amide bonds. The second-order valence-corrected chi connectivity index (χ2v) is 5.02. The molecule has 0 radical (unpaired) electrons. The summed E-state index contributed by atoms with van der Waals surface area (Å²) in [6, 6.07) is 0. The minimum absolute atomic E-state index is 0.137. The number of rotatable bonds is 6. The summed E-state index contributed by atoms with van der Waals surface area (Å²) < 4.78 is 10.0. The van der Waals surface area contributed by atoms with Gasteiger partial charge in [-0.25, -0.2) is 9.59 Å². The summed E-state index contributed by atoms with van der Waals surface area (Å²) in [5.74, 6) is 0.229. The van der Waals surface area contributed by atoms with E-state index in [0.29, 0.717) is 0 Å². The average molecular weight is 260 g/mol. The van der Waals surface area contributed by atoms with Crippen LogP contribution in [-0.4, -0.2) is 44.4 Å². The predicted octanol–water partition coefficient (Wildman–Crippen LogP) is 1.83. The molecule has 106 valence electrons. The molecule has 0 aliphatic carbocycles. The zero-order valence-corrected chi connectivity index (χ0v) is 11.9. The fraction of sp³-hybridized carbons (Fsp3) is 0.833. The molecule has 6 nitrogen and oxygen atoms in total. The fourth-order valence-corrected chi connectivity index (χ4v) is 1.41. The maximum atomic E-state index is 11.4. The van der Waals surface area contributed by atoms with E-state index in [9.17, 15) is 9.59 Å². The van der Waals surface area contributed by atoms with Gasteiger partial charge in [0.25, 0.3) is 0 Å². The summed E-state index contributed by atoms with van der Waals surface area (Å²) in [7, 11) is 3.23. The largest absolute Gasteiger partial charge is 0.449 e. The highest BCUT2D eigenvalue weighted by atomic mass is 16.6. The van der Waals surface area contributed by atoms with Crippen molar-refractivity contribution in [2.45, 2.75) is 27.2 Å². The number of hydrogen-bond acceptors (Lipinski definition) is 4.